The van der Waals surface area contributed by atoms with Crippen molar-refractivity contribution in [2.75, 3.05) is 0 Å². The minimum atomic E-state index is -0.912. The number of fused-ring (bicyclic) bond motifs is 2. The van der Waals surface area contributed by atoms with E-state index in [1.54, 1.807) is 142 Å². The first-order valence-electron chi connectivity index (χ1n) is 22.4. The molecule has 0 bridgehead atoms. The number of carbonyl (C=O) groups is 8. The average molecular weight is 1340 g/mol. The van der Waals surface area contributed by atoms with Crippen molar-refractivity contribution >= 4 is 203 Å². The van der Waals surface area contributed by atoms with Gasteiger partial charge in [-0.3, -0.25) is 19.2 Å². The number of halogens is 5. The number of rotatable bonds is 4. The zero-order valence-corrected chi connectivity index (χ0v) is 52.6. The van der Waals surface area contributed by atoms with E-state index in [9.17, 15) is 38.4 Å². The van der Waals surface area contributed by atoms with Gasteiger partial charge in [0, 0.05) is 0 Å². The zero-order chi connectivity index (χ0) is 58.0. The predicted molar refractivity (Wildman–Crippen MR) is 311 cm³/mol. The van der Waals surface area contributed by atoms with E-state index in [1.807, 2.05) is 0 Å². The van der Waals surface area contributed by atoms with Gasteiger partial charge in [-0.15, -0.1) is 45.3 Å². The van der Waals surface area contributed by atoms with E-state index in [0.717, 1.165) is 27.2 Å². The van der Waals surface area contributed by atoms with Crippen molar-refractivity contribution in [2.24, 2.45) is 4.30 Å². The van der Waals surface area contributed by atoms with Crippen LogP contribution in [0.15, 0.2) is 93.5 Å². The summed E-state index contributed by atoms with van der Waals surface area (Å²) in [5.41, 5.74) is -3.28. The number of imide groups is 4. The van der Waals surface area contributed by atoms with Crippen LogP contribution in [0.25, 0.3) is 22.8 Å². The standard InChI is InChI=1S/C24H22Br2N2O6S2.C24H24N2O6S2.CHCl3.BHNS/c1-23(2,3)33-21(31)27-17(11-7-9-13(25)35-11)15-16(19(27)29)18(12-8-10-14(26)36-12)28(20(15)30)22(32)34-24(4,5)6;1-23(2,3)31-21(29)25-17(13-9-7-11-33-13)15-16(19(25)27)18(14-10-8-12-34-14)26(20(15)28)22(30)32-24(4,5)6;2-1(3)4;1-2-3/h7-10H,1-6H3;7-12H,1-6H3;1H;3H. The molecule has 17 nitrogen and oxygen atoms in total. The van der Waals surface area contributed by atoms with Gasteiger partial charge in [0.2, 0.25) is 0 Å². The summed E-state index contributed by atoms with van der Waals surface area (Å²) in [5, 5.41) is 3.54. The first-order chi connectivity index (χ1) is 35.5. The van der Waals surface area contributed by atoms with Crippen LogP contribution in [0.4, 0.5) is 19.2 Å². The first-order valence-corrected chi connectivity index (χ1v) is 29.1. The Balaban J connectivity index is 0.000000254. The zero-order valence-electron chi connectivity index (χ0n) is 43.0. The number of ether oxygens (including phenoxy) is 4. The predicted octanol–water partition coefficient (Wildman–Crippen LogP) is 14.7. The molecule has 1 radical (unpaired) electrons. The van der Waals surface area contributed by atoms with Crippen molar-refractivity contribution in [1.29, 1.82) is 0 Å². The third-order valence-electron chi connectivity index (χ3n) is 9.44. The average Bonchev–Trinajstić information content (AvgIpc) is 4.13. The molecule has 4 aromatic heterocycles. The van der Waals surface area contributed by atoms with E-state index in [4.69, 9.17) is 53.8 Å². The fraction of sp³-hybridized carbons (Fsp3) is 0.347. The maximum atomic E-state index is 13.9. The van der Waals surface area contributed by atoms with Gasteiger partial charge in [-0.05, 0) is 162 Å². The van der Waals surface area contributed by atoms with Gasteiger partial charge in [0.15, 0.2) is 4.30 Å². The molecule has 0 aromatic carbocycles. The molecule has 4 aliphatic heterocycles. The van der Waals surface area contributed by atoms with E-state index < -0.39 is 74.7 Å². The third-order valence-corrected chi connectivity index (χ3v) is 14.4. The van der Waals surface area contributed by atoms with Crippen LogP contribution in [0.2, 0.25) is 0 Å². The maximum absolute atomic E-state index is 13.9. The van der Waals surface area contributed by atoms with Crippen LogP contribution < -0.4 is 0 Å². The van der Waals surface area contributed by atoms with Crippen molar-refractivity contribution in [3.05, 3.63) is 109 Å². The van der Waals surface area contributed by atoms with Crippen LogP contribution in [0.1, 0.15) is 103 Å². The molecular weight excluding hydrogens is 1290 g/mol. The Morgan fingerprint density at radius 2 is 0.714 bits per heavy atom. The second-order valence-electron chi connectivity index (χ2n) is 19.9. The third kappa shape index (κ3) is 15.1. The van der Waals surface area contributed by atoms with Gasteiger partial charge in [-0.25, -0.2) is 38.8 Å². The molecular formula is C49H48BBr2Cl3N5O12S5. The van der Waals surface area contributed by atoms with Crippen LogP contribution in [0.3, 0.4) is 0 Å². The quantitative estimate of drug-likeness (QED) is 0.0879. The summed E-state index contributed by atoms with van der Waals surface area (Å²) >= 11 is 29.4. The Morgan fingerprint density at radius 1 is 0.494 bits per heavy atom. The normalized spacial score (nSPS) is 15.6. The van der Waals surface area contributed by atoms with E-state index >= 15 is 0 Å². The molecule has 77 heavy (non-hydrogen) atoms. The molecule has 4 aliphatic rings. The number of amides is 8. The summed E-state index contributed by atoms with van der Waals surface area (Å²) in [4.78, 5) is 113. The van der Waals surface area contributed by atoms with Gasteiger partial charge in [0.25, 0.3) is 23.6 Å². The number of carbonyl (C=O) groups excluding carboxylic acids is 8. The molecule has 8 rings (SSSR count). The molecule has 0 fully saturated rings. The van der Waals surface area contributed by atoms with Gasteiger partial charge in [-0.2, -0.15) is 0 Å². The van der Waals surface area contributed by atoms with Gasteiger partial charge in [-0.1, -0.05) is 46.9 Å². The van der Waals surface area contributed by atoms with Crippen molar-refractivity contribution in [3.63, 3.8) is 0 Å². The van der Waals surface area contributed by atoms with Crippen LogP contribution in [-0.4, -0.2) is 102 Å². The summed E-state index contributed by atoms with van der Waals surface area (Å²) in [5.74, 6) is -2.96. The minimum absolute atomic E-state index is 0.0208. The van der Waals surface area contributed by atoms with Crippen molar-refractivity contribution in [2.45, 2.75) is 110 Å². The molecule has 28 heteroatoms. The molecule has 0 saturated carbocycles. The van der Waals surface area contributed by atoms with Crippen LogP contribution in [0.5, 0.6) is 0 Å². The van der Waals surface area contributed by atoms with E-state index in [2.05, 4.69) is 56.6 Å². The molecule has 4 aromatic rings. The van der Waals surface area contributed by atoms with E-state index in [0.29, 0.717) is 19.5 Å². The second-order valence-corrected chi connectivity index (χ2v) is 28.9. The molecule has 0 unspecified atom stereocenters. The molecule has 0 spiro atoms. The summed E-state index contributed by atoms with van der Waals surface area (Å²) in [6.45, 7) is 20.3. The van der Waals surface area contributed by atoms with Crippen LogP contribution in [0, 0.1) is 0 Å². The van der Waals surface area contributed by atoms with E-state index in [1.165, 1.54) is 45.3 Å². The number of thiophene rings is 4. The number of hydrogen-bond donors (Lipinski definition) is 1. The Hall–Kier alpha value is -4.44. The monoisotopic (exact) mass is 1330 g/mol. The van der Waals surface area contributed by atoms with Crippen LogP contribution >= 0.6 is 125 Å². The summed E-state index contributed by atoms with van der Waals surface area (Å²) in [7, 11) is 4.34. The Bertz CT molecular complexity index is 2960. The Morgan fingerprint density at radius 3 is 0.883 bits per heavy atom. The number of thiol groups is 1. The van der Waals surface area contributed by atoms with Gasteiger partial charge < -0.3 is 18.9 Å². The van der Waals surface area contributed by atoms with E-state index in [-0.39, 0.29) is 45.1 Å². The number of nitrogens with zero attached hydrogens (tertiary/aromatic N) is 5. The SMILES string of the molecule is CC(C)(C)OC(=O)N1C(=O)C2=C(c3ccc(Br)s3)N(C(=O)OC(C)(C)C)C(=O)C2=C1c1ccc(Br)s1.CC(C)(C)OC(=O)N1C(=O)C2=C(c3cccs3)N(C(=O)OC(C)(C)C)C(=O)C2=C1c1cccs1.ClC(Cl)Cl.[B]=NS. The molecule has 8 heterocycles. The number of hydrogen-bond acceptors (Lipinski definition) is 18. The van der Waals surface area contributed by atoms with Crippen molar-refractivity contribution < 1.29 is 57.3 Å². The second kappa shape index (κ2) is 24.9. The molecule has 0 N–H and O–H groups in total. The number of alkyl halides is 3. The molecule has 0 atom stereocenters. The van der Waals surface area contributed by atoms with Gasteiger partial charge >= 0.3 is 49.1 Å². The fourth-order valence-corrected chi connectivity index (χ4v) is 11.6. The molecule has 409 valence electrons. The van der Waals surface area contributed by atoms with Crippen LogP contribution in [-0.2, 0) is 38.1 Å². The Kier molecular flexibility index (Phi) is 20.5. The van der Waals surface area contributed by atoms with Crippen molar-refractivity contribution in [1.82, 2.24) is 19.6 Å². The summed E-state index contributed by atoms with van der Waals surface area (Å²) in [6.07, 6.45) is -3.61. The molecule has 0 aliphatic carbocycles. The van der Waals surface area contributed by atoms with Gasteiger partial charge in [0.1, 0.15) is 22.4 Å². The summed E-state index contributed by atoms with van der Waals surface area (Å²) in [6, 6.07) is 13.8. The fourth-order valence-electron chi connectivity index (χ4n) is 7.18. The van der Waals surface area contributed by atoms with Gasteiger partial charge in [0.05, 0.1) is 72.2 Å². The molecule has 8 amide bonds. The first kappa shape index (κ1) is 63.4. The van der Waals surface area contributed by atoms with Crippen molar-refractivity contribution in [3.8, 4) is 0 Å². The molecule has 0 saturated heterocycles. The topological polar surface area (TPSA) is 199 Å². The Labute approximate surface area is 498 Å². The summed E-state index contributed by atoms with van der Waals surface area (Å²) < 4.78 is 25.4.